The molecule has 106 valence electrons. The molecule has 0 saturated heterocycles. The SMILES string of the molecule is CCCN(c1ccccc1-c1ccccc1)C(F)(F)F. The number of anilines is 1. The zero-order valence-corrected chi connectivity index (χ0v) is 11.2. The fourth-order valence-corrected chi connectivity index (χ4v) is 2.18. The van der Waals surface area contributed by atoms with E-state index in [9.17, 15) is 13.2 Å². The van der Waals surface area contributed by atoms with E-state index in [4.69, 9.17) is 0 Å². The van der Waals surface area contributed by atoms with Gasteiger partial charge in [0.15, 0.2) is 0 Å². The first-order chi connectivity index (χ1) is 9.54. The zero-order valence-electron chi connectivity index (χ0n) is 11.2. The Morgan fingerprint density at radius 3 is 2.10 bits per heavy atom. The molecule has 0 spiro atoms. The minimum Gasteiger partial charge on any atom is -0.283 e. The molecule has 0 fully saturated rings. The molecule has 0 aromatic heterocycles. The van der Waals surface area contributed by atoms with Crippen molar-refractivity contribution < 1.29 is 13.2 Å². The summed E-state index contributed by atoms with van der Waals surface area (Å²) in [4.78, 5) is 0.509. The van der Waals surface area contributed by atoms with E-state index in [1.54, 1.807) is 25.1 Å². The van der Waals surface area contributed by atoms with Crippen LogP contribution in [0.1, 0.15) is 13.3 Å². The van der Waals surface area contributed by atoms with Crippen molar-refractivity contribution in [1.82, 2.24) is 0 Å². The summed E-state index contributed by atoms with van der Waals surface area (Å²) in [5.74, 6) is 0. The monoisotopic (exact) mass is 279 g/mol. The Kier molecular flexibility index (Phi) is 4.32. The third kappa shape index (κ3) is 3.13. The van der Waals surface area contributed by atoms with Gasteiger partial charge in [0, 0.05) is 12.1 Å². The molecule has 2 aromatic carbocycles. The van der Waals surface area contributed by atoms with Gasteiger partial charge in [-0.05, 0) is 18.1 Å². The quantitative estimate of drug-likeness (QED) is 0.705. The van der Waals surface area contributed by atoms with Crippen molar-refractivity contribution >= 4 is 5.69 Å². The maximum atomic E-state index is 13.2. The van der Waals surface area contributed by atoms with Crippen LogP contribution in [-0.4, -0.2) is 12.8 Å². The fourth-order valence-electron chi connectivity index (χ4n) is 2.18. The lowest BCUT2D eigenvalue weighted by Crippen LogP contribution is -2.38. The maximum absolute atomic E-state index is 13.2. The van der Waals surface area contributed by atoms with Gasteiger partial charge in [-0.3, -0.25) is 4.90 Å². The van der Waals surface area contributed by atoms with E-state index < -0.39 is 6.30 Å². The van der Waals surface area contributed by atoms with Crippen LogP contribution in [0.4, 0.5) is 18.9 Å². The molecule has 2 aromatic rings. The number of rotatable bonds is 4. The highest BCUT2D eigenvalue weighted by Gasteiger charge is 2.37. The van der Waals surface area contributed by atoms with Gasteiger partial charge in [0.1, 0.15) is 0 Å². The molecule has 0 aliphatic heterocycles. The maximum Gasteiger partial charge on any atom is 0.484 e. The average Bonchev–Trinajstić information content (AvgIpc) is 2.44. The predicted molar refractivity (Wildman–Crippen MR) is 75.6 cm³/mol. The van der Waals surface area contributed by atoms with E-state index in [0.717, 1.165) is 5.56 Å². The van der Waals surface area contributed by atoms with Crippen molar-refractivity contribution in [3.05, 3.63) is 54.6 Å². The molecule has 0 bridgehead atoms. The highest BCUT2D eigenvalue weighted by atomic mass is 19.4. The van der Waals surface area contributed by atoms with Gasteiger partial charge >= 0.3 is 6.30 Å². The molecule has 0 radical (unpaired) electrons. The lowest BCUT2D eigenvalue weighted by molar-refractivity contribution is -0.129. The van der Waals surface area contributed by atoms with Gasteiger partial charge in [0.05, 0.1) is 5.69 Å². The standard InChI is InChI=1S/C16H16F3N/c1-2-12-20(16(17,18)19)15-11-7-6-10-14(15)13-8-4-3-5-9-13/h3-11H,2,12H2,1H3. The molecule has 0 atom stereocenters. The number of benzene rings is 2. The van der Waals surface area contributed by atoms with Crippen molar-refractivity contribution in [1.29, 1.82) is 0 Å². The summed E-state index contributed by atoms with van der Waals surface area (Å²) in [6.07, 6.45) is -3.94. The van der Waals surface area contributed by atoms with Crippen LogP contribution in [0.25, 0.3) is 11.1 Å². The van der Waals surface area contributed by atoms with Gasteiger partial charge in [0.25, 0.3) is 0 Å². The Hall–Kier alpha value is -1.97. The largest absolute Gasteiger partial charge is 0.484 e. The summed E-state index contributed by atoms with van der Waals surface area (Å²) >= 11 is 0. The summed E-state index contributed by atoms with van der Waals surface area (Å²) in [7, 11) is 0. The second kappa shape index (κ2) is 5.99. The van der Waals surface area contributed by atoms with Crippen LogP contribution in [0, 0.1) is 0 Å². The minimum atomic E-state index is -4.37. The van der Waals surface area contributed by atoms with Crippen LogP contribution in [-0.2, 0) is 0 Å². The predicted octanol–water partition coefficient (Wildman–Crippen LogP) is 5.09. The van der Waals surface area contributed by atoms with E-state index in [1.165, 1.54) is 6.07 Å². The molecule has 20 heavy (non-hydrogen) atoms. The van der Waals surface area contributed by atoms with E-state index in [1.807, 2.05) is 30.3 Å². The Morgan fingerprint density at radius 1 is 0.900 bits per heavy atom. The smallest absolute Gasteiger partial charge is 0.283 e. The second-order valence-corrected chi connectivity index (χ2v) is 4.50. The highest BCUT2D eigenvalue weighted by Crippen LogP contribution is 2.36. The summed E-state index contributed by atoms with van der Waals surface area (Å²) < 4.78 is 39.6. The zero-order chi connectivity index (χ0) is 14.6. The van der Waals surface area contributed by atoms with Crippen molar-refractivity contribution in [2.45, 2.75) is 19.6 Å². The van der Waals surface area contributed by atoms with Gasteiger partial charge in [-0.1, -0.05) is 55.5 Å². The lowest BCUT2D eigenvalue weighted by Gasteiger charge is -2.28. The van der Waals surface area contributed by atoms with Gasteiger partial charge < -0.3 is 0 Å². The van der Waals surface area contributed by atoms with Crippen LogP contribution < -0.4 is 4.90 Å². The number of alkyl halides is 3. The van der Waals surface area contributed by atoms with E-state index in [0.29, 0.717) is 16.9 Å². The number of halogens is 3. The van der Waals surface area contributed by atoms with Crippen LogP contribution in [0.5, 0.6) is 0 Å². The number of hydrogen-bond acceptors (Lipinski definition) is 1. The molecule has 0 unspecified atom stereocenters. The Morgan fingerprint density at radius 2 is 1.50 bits per heavy atom. The van der Waals surface area contributed by atoms with Gasteiger partial charge in [0.2, 0.25) is 0 Å². The summed E-state index contributed by atoms with van der Waals surface area (Å²) in [6, 6.07) is 15.8. The molecule has 0 heterocycles. The topological polar surface area (TPSA) is 3.24 Å². The van der Waals surface area contributed by atoms with E-state index in [-0.39, 0.29) is 12.2 Å². The molecule has 0 aliphatic carbocycles. The van der Waals surface area contributed by atoms with Gasteiger partial charge in [-0.25, -0.2) is 0 Å². The third-order valence-electron chi connectivity index (χ3n) is 3.03. The molecule has 0 aliphatic rings. The number of para-hydroxylation sites is 1. The summed E-state index contributed by atoms with van der Waals surface area (Å²) in [5.41, 5.74) is 1.58. The van der Waals surface area contributed by atoms with E-state index >= 15 is 0 Å². The normalized spacial score (nSPS) is 11.4. The highest BCUT2D eigenvalue weighted by molar-refractivity contribution is 5.78. The van der Waals surface area contributed by atoms with Crippen molar-refractivity contribution in [3.63, 3.8) is 0 Å². The third-order valence-corrected chi connectivity index (χ3v) is 3.03. The average molecular weight is 279 g/mol. The van der Waals surface area contributed by atoms with Gasteiger partial charge in [-0.15, -0.1) is 0 Å². The fraction of sp³-hybridized carbons (Fsp3) is 0.250. The molecule has 4 heteroatoms. The van der Waals surface area contributed by atoms with Crippen molar-refractivity contribution in [3.8, 4) is 11.1 Å². The summed E-state index contributed by atoms with van der Waals surface area (Å²) in [6.45, 7) is 1.69. The van der Waals surface area contributed by atoms with Crippen LogP contribution in [0.2, 0.25) is 0 Å². The summed E-state index contributed by atoms with van der Waals surface area (Å²) in [5, 5.41) is 0. The van der Waals surface area contributed by atoms with Crippen LogP contribution in [0.3, 0.4) is 0 Å². The molecule has 2 rings (SSSR count). The molecular formula is C16H16F3N. The number of nitrogens with zero attached hydrogens (tertiary/aromatic N) is 1. The van der Waals surface area contributed by atoms with Crippen molar-refractivity contribution in [2.75, 3.05) is 11.4 Å². The van der Waals surface area contributed by atoms with Gasteiger partial charge in [-0.2, -0.15) is 13.2 Å². The molecule has 0 amide bonds. The Bertz CT molecular complexity index is 549. The van der Waals surface area contributed by atoms with Crippen LogP contribution in [0.15, 0.2) is 54.6 Å². The first kappa shape index (κ1) is 14.4. The Balaban J connectivity index is 2.51. The lowest BCUT2D eigenvalue weighted by atomic mass is 10.0. The van der Waals surface area contributed by atoms with Crippen molar-refractivity contribution in [2.24, 2.45) is 0 Å². The second-order valence-electron chi connectivity index (χ2n) is 4.50. The van der Waals surface area contributed by atoms with Crippen LogP contribution >= 0.6 is 0 Å². The van der Waals surface area contributed by atoms with E-state index in [2.05, 4.69) is 0 Å². The first-order valence-corrected chi connectivity index (χ1v) is 6.53. The molecule has 0 saturated carbocycles. The molecular weight excluding hydrogens is 263 g/mol. The first-order valence-electron chi connectivity index (χ1n) is 6.53. The minimum absolute atomic E-state index is 0.0483. The Labute approximate surface area is 116 Å². The molecule has 0 N–H and O–H groups in total. The molecule has 1 nitrogen and oxygen atoms in total. The number of hydrogen-bond donors (Lipinski definition) is 0.